The average Bonchev–Trinajstić information content (AvgIpc) is 2.47. The van der Waals surface area contributed by atoms with Crippen molar-refractivity contribution >= 4 is 34.9 Å². The first kappa shape index (κ1) is 15.0. The third-order valence-corrected chi connectivity index (χ3v) is 3.56. The summed E-state index contributed by atoms with van der Waals surface area (Å²) >= 11 is 1.63. The molecule has 0 unspecified atom stereocenters. The standard InChI is InChI=1S/C13H15N5O2S/c1-8-11(18(19)20)12(17-13(14-2)15-8)16-9-4-6-10(21-3)7-5-9/h4-7H,1-3H3,(H2,14,15,16,17). The second-order valence-electron chi connectivity index (χ2n) is 4.19. The Morgan fingerprint density at radius 2 is 1.90 bits per heavy atom. The minimum atomic E-state index is -0.479. The number of nitro groups is 1. The van der Waals surface area contributed by atoms with Gasteiger partial charge in [0.2, 0.25) is 11.8 Å². The lowest BCUT2D eigenvalue weighted by Gasteiger charge is -2.09. The number of aryl methyl sites for hydroxylation is 1. The second-order valence-corrected chi connectivity index (χ2v) is 5.07. The summed E-state index contributed by atoms with van der Waals surface area (Å²) in [5.74, 6) is 0.509. The molecule has 0 spiro atoms. The lowest BCUT2D eigenvalue weighted by atomic mass is 10.3. The summed E-state index contributed by atoms with van der Waals surface area (Å²) in [6, 6.07) is 7.58. The van der Waals surface area contributed by atoms with E-state index in [1.54, 1.807) is 25.7 Å². The van der Waals surface area contributed by atoms with Crippen LogP contribution in [-0.4, -0.2) is 28.2 Å². The van der Waals surface area contributed by atoms with Crippen LogP contribution in [0.25, 0.3) is 0 Å². The number of nitrogens with one attached hydrogen (secondary N) is 2. The van der Waals surface area contributed by atoms with Gasteiger partial charge in [0.05, 0.1) is 4.92 Å². The van der Waals surface area contributed by atoms with Gasteiger partial charge in [0.15, 0.2) is 0 Å². The number of aromatic nitrogens is 2. The summed E-state index contributed by atoms with van der Waals surface area (Å²) in [4.78, 5) is 20.0. The molecule has 0 saturated heterocycles. The predicted molar refractivity (Wildman–Crippen MR) is 84.5 cm³/mol. The Bertz CT molecular complexity index is 660. The molecular formula is C13H15N5O2S. The van der Waals surface area contributed by atoms with Crippen molar-refractivity contribution < 1.29 is 4.92 Å². The number of thioether (sulfide) groups is 1. The van der Waals surface area contributed by atoms with Crippen molar-refractivity contribution in [2.24, 2.45) is 0 Å². The first-order valence-corrected chi connectivity index (χ1v) is 7.39. The van der Waals surface area contributed by atoms with E-state index in [1.807, 2.05) is 30.5 Å². The highest BCUT2D eigenvalue weighted by Gasteiger charge is 2.22. The summed E-state index contributed by atoms with van der Waals surface area (Å²) in [6.07, 6.45) is 1.99. The maximum Gasteiger partial charge on any atom is 0.332 e. The molecule has 2 rings (SSSR count). The maximum absolute atomic E-state index is 11.2. The van der Waals surface area contributed by atoms with Gasteiger partial charge in [-0.05, 0) is 37.4 Å². The molecule has 0 aliphatic heterocycles. The van der Waals surface area contributed by atoms with Crippen LogP contribution < -0.4 is 10.6 Å². The van der Waals surface area contributed by atoms with Crippen LogP contribution in [0.5, 0.6) is 0 Å². The number of anilines is 3. The molecule has 2 aromatic rings. The van der Waals surface area contributed by atoms with Crippen molar-refractivity contribution in [3.05, 3.63) is 40.1 Å². The lowest BCUT2D eigenvalue weighted by molar-refractivity contribution is -0.385. The van der Waals surface area contributed by atoms with Crippen molar-refractivity contribution in [1.82, 2.24) is 9.97 Å². The molecule has 1 heterocycles. The summed E-state index contributed by atoms with van der Waals surface area (Å²) in [7, 11) is 1.66. The molecule has 1 aromatic heterocycles. The number of benzene rings is 1. The van der Waals surface area contributed by atoms with Gasteiger partial charge in [-0.2, -0.15) is 4.98 Å². The molecule has 21 heavy (non-hydrogen) atoms. The molecule has 0 amide bonds. The minimum Gasteiger partial charge on any atom is -0.357 e. The molecule has 0 aliphatic rings. The van der Waals surface area contributed by atoms with Crippen LogP contribution in [-0.2, 0) is 0 Å². The van der Waals surface area contributed by atoms with E-state index in [2.05, 4.69) is 20.6 Å². The van der Waals surface area contributed by atoms with Gasteiger partial charge in [0.25, 0.3) is 0 Å². The Hall–Kier alpha value is -2.35. The molecule has 0 fully saturated rings. The molecule has 0 bridgehead atoms. The Morgan fingerprint density at radius 1 is 1.24 bits per heavy atom. The third kappa shape index (κ3) is 3.40. The highest BCUT2D eigenvalue weighted by atomic mass is 32.2. The predicted octanol–water partition coefficient (Wildman–Crippen LogP) is 3.20. The summed E-state index contributed by atoms with van der Waals surface area (Å²) in [5.41, 5.74) is 0.918. The molecule has 0 saturated carbocycles. The van der Waals surface area contributed by atoms with E-state index < -0.39 is 4.92 Å². The average molecular weight is 305 g/mol. The quantitative estimate of drug-likeness (QED) is 0.497. The van der Waals surface area contributed by atoms with Crippen LogP contribution in [0.2, 0.25) is 0 Å². The number of hydrogen-bond acceptors (Lipinski definition) is 7. The number of rotatable bonds is 5. The Morgan fingerprint density at radius 3 is 2.43 bits per heavy atom. The van der Waals surface area contributed by atoms with Crippen LogP contribution in [0.3, 0.4) is 0 Å². The molecule has 110 valence electrons. The number of nitrogens with zero attached hydrogens (tertiary/aromatic N) is 3. The summed E-state index contributed by atoms with van der Waals surface area (Å²) in [5, 5.41) is 17.0. The van der Waals surface area contributed by atoms with Gasteiger partial charge < -0.3 is 10.6 Å². The van der Waals surface area contributed by atoms with Crippen LogP contribution in [0.4, 0.5) is 23.1 Å². The fourth-order valence-electron chi connectivity index (χ4n) is 1.80. The summed E-state index contributed by atoms with van der Waals surface area (Å²) < 4.78 is 0. The van der Waals surface area contributed by atoms with E-state index in [0.29, 0.717) is 11.6 Å². The van der Waals surface area contributed by atoms with Gasteiger partial charge >= 0.3 is 5.69 Å². The van der Waals surface area contributed by atoms with Gasteiger partial charge in [-0.1, -0.05) is 0 Å². The van der Waals surface area contributed by atoms with Crippen LogP contribution >= 0.6 is 11.8 Å². The zero-order valence-corrected chi connectivity index (χ0v) is 12.7. The van der Waals surface area contributed by atoms with Gasteiger partial charge in [-0.3, -0.25) is 10.1 Å². The molecule has 0 aliphatic carbocycles. The largest absolute Gasteiger partial charge is 0.357 e. The monoisotopic (exact) mass is 305 g/mol. The highest BCUT2D eigenvalue weighted by molar-refractivity contribution is 7.98. The maximum atomic E-state index is 11.2. The van der Waals surface area contributed by atoms with E-state index >= 15 is 0 Å². The Labute approximate surface area is 126 Å². The van der Waals surface area contributed by atoms with Gasteiger partial charge in [-0.25, -0.2) is 4.98 Å². The number of hydrogen-bond donors (Lipinski definition) is 2. The fraction of sp³-hybridized carbons (Fsp3) is 0.231. The minimum absolute atomic E-state index is 0.122. The molecule has 0 radical (unpaired) electrons. The molecule has 1 aromatic carbocycles. The Balaban J connectivity index is 2.41. The van der Waals surface area contributed by atoms with E-state index in [9.17, 15) is 10.1 Å². The SMILES string of the molecule is CNc1nc(C)c([N+](=O)[O-])c(Nc2ccc(SC)cc2)n1. The zero-order chi connectivity index (χ0) is 15.4. The van der Waals surface area contributed by atoms with Crippen molar-refractivity contribution in [3.63, 3.8) is 0 Å². The Kier molecular flexibility index (Phi) is 4.59. The molecular weight excluding hydrogens is 290 g/mol. The summed E-state index contributed by atoms with van der Waals surface area (Å²) in [6.45, 7) is 1.59. The molecule has 8 heteroatoms. The topological polar surface area (TPSA) is 93.0 Å². The van der Waals surface area contributed by atoms with Crippen molar-refractivity contribution in [3.8, 4) is 0 Å². The normalized spacial score (nSPS) is 10.2. The first-order valence-electron chi connectivity index (χ1n) is 6.17. The van der Waals surface area contributed by atoms with Crippen LogP contribution in [0.15, 0.2) is 29.2 Å². The van der Waals surface area contributed by atoms with Gasteiger partial charge in [-0.15, -0.1) is 11.8 Å². The zero-order valence-electron chi connectivity index (χ0n) is 11.9. The smallest absolute Gasteiger partial charge is 0.332 e. The second kappa shape index (κ2) is 6.40. The van der Waals surface area contributed by atoms with Gasteiger partial charge in [0, 0.05) is 17.6 Å². The molecule has 0 atom stereocenters. The van der Waals surface area contributed by atoms with Crippen molar-refractivity contribution in [2.45, 2.75) is 11.8 Å². The molecule has 2 N–H and O–H groups in total. The van der Waals surface area contributed by atoms with Crippen LogP contribution in [0, 0.1) is 17.0 Å². The van der Waals surface area contributed by atoms with Crippen LogP contribution in [0.1, 0.15) is 5.69 Å². The fourth-order valence-corrected chi connectivity index (χ4v) is 2.20. The third-order valence-electron chi connectivity index (χ3n) is 2.82. The molecule has 7 nitrogen and oxygen atoms in total. The highest BCUT2D eigenvalue weighted by Crippen LogP contribution is 2.29. The van der Waals surface area contributed by atoms with Crippen molar-refractivity contribution in [1.29, 1.82) is 0 Å². The van der Waals surface area contributed by atoms with Gasteiger partial charge in [0.1, 0.15) is 5.69 Å². The van der Waals surface area contributed by atoms with E-state index in [4.69, 9.17) is 0 Å². The van der Waals surface area contributed by atoms with E-state index in [0.717, 1.165) is 10.6 Å². The van der Waals surface area contributed by atoms with E-state index in [1.165, 1.54) is 0 Å². The first-order chi connectivity index (χ1) is 10.0. The van der Waals surface area contributed by atoms with E-state index in [-0.39, 0.29) is 11.5 Å². The van der Waals surface area contributed by atoms with Crippen molar-refractivity contribution in [2.75, 3.05) is 23.9 Å². The lowest BCUT2D eigenvalue weighted by Crippen LogP contribution is -2.07.